The minimum absolute atomic E-state index is 0.0383. The molecule has 0 unspecified atom stereocenters. The maximum absolute atomic E-state index is 11.7. The smallest absolute Gasteiger partial charge is 0.211 e. The van der Waals surface area contributed by atoms with Crippen molar-refractivity contribution in [3.05, 3.63) is 0 Å². The summed E-state index contributed by atoms with van der Waals surface area (Å²) in [4.78, 5) is 0. The van der Waals surface area contributed by atoms with E-state index in [1.807, 2.05) is 0 Å². The molecule has 4 nitrogen and oxygen atoms in total. The first-order valence-corrected chi connectivity index (χ1v) is 7.88. The molecule has 0 saturated heterocycles. The summed E-state index contributed by atoms with van der Waals surface area (Å²) in [6.45, 7) is 1.14. The minimum Gasteiger partial charge on any atom is -0.330 e. The molecule has 2 fully saturated rings. The minimum atomic E-state index is -3.06. The van der Waals surface area contributed by atoms with Gasteiger partial charge in [0.05, 0.1) is 5.75 Å². The van der Waals surface area contributed by atoms with E-state index in [1.54, 1.807) is 0 Å². The van der Waals surface area contributed by atoms with Crippen LogP contribution >= 0.6 is 0 Å². The summed E-state index contributed by atoms with van der Waals surface area (Å²) in [6.07, 6.45) is 6.64. The van der Waals surface area contributed by atoms with Crippen LogP contribution in [0.5, 0.6) is 0 Å². The van der Waals surface area contributed by atoms with Crippen LogP contribution < -0.4 is 10.5 Å². The van der Waals surface area contributed by atoms with Gasteiger partial charge in [0, 0.05) is 6.54 Å². The number of rotatable bonds is 6. The molecule has 2 rings (SSSR count). The summed E-state index contributed by atoms with van der Waals surface area (Å²) >= 11 is 0. The molecule has 0 aliphatic heterocycles. The summed E-state index contributed by atoms with van der Waals surface area (Å²) in [5, 5.41) is 0. The number of hydrogen-bond acceptors (Lipinski definition) is 3. The molecule has 2 saturated carbocycles. The lowest BCUT2D eigenvalue weighted by molar-refractivity contribution is 0.309. The van der Waals surface area contributed by atoms with Crippen LogP contribution in [0.4, 0.5) is 0 Å². The average molecular weight is 246 g/mol. The number of nitrogens with two attached hydrogens (primary N) is 1. The zero-order valence-corrected chi connectivity index (χ0v) is 10.6. The third-order valence-corrected chi connectivity index (χ3v) is 5.41. The van der Waals surface area contributed by atoms with Gasteiger partial charge >= 0.3 is 0 Å². The molecule has 0 aromatic rings. The Hall–Kier alpha value is -0.130. The van der Waals surface area contributed by atoms with Gasteiger partial charge in [0.25, 0.3) is 0 Å². The third kappa shape index (κ3) is 3.18. The Kier molecular flexibility index (Phi) is 3.56. The van der Waals surface area contributed by atoms with Gasteiger partial charge in [0.1, 0.15) is 0 Å². The first kappa shape index (κ1) is 12.3. The Balaban J connectivity index is 1.84. The van der Waals surface area contributed by atoms with Gasteiger partial charge in [-0.15, -0.1) is 0 Å². The van der Waals surface area contributed by atoms with Crippen molar-refractivity contribution in [2.75, 3.05) is 18.8 Å². The standard InChI is InChI=1S/C11H22N2O2S/c12-8-11(5-1-2-6-11)9-13-16(14,15)7-10-3-4-10/h10,13H,1-9,12H2. The van der Waals surface area contributed by atoms with Crippen LogP contribution in [-0.4, -0.2) is 27.3 Å². The van der Waals surface area contributed by atoms with Gasteiger partial charge in [0.15, 0.2) is 0 Å². The van der Waals surface area contributed by atoms with Crippen LogP contribution in [0.15, 0.2) is 0 Å². The van der Waals surface area contributed by atoms with Crippen LogP contribution in [0.25, 0.3) is 0 Å². The van der Waals surface area contributed by atoms with E-state index in [0.717, 1.165) is 25.7 Å². The summed E-state index contributed by atoms with van der Waals surface area (Å²) in [7, 11) is -3.06. The predicted octanol–water partition coefficient (Wildman–Crippen LogP) is 0.835. The highest BCUT2D eigenvalue weighted by atomic mass is 32.2. The van der Waals surface area contributed by atoms with Crippen molar-refractivity contribution in [2.45, 2.75) is 38.5 Å². The van der Waals surface area contributed by atoms with Crippen molar-refractivity contribution in [1.82, 2.24) is 4.72 Å². The first-order chi connectivity index (χ1) is 7.55. The maximum Gasteiger partial charge on any atom is 0.211 e. The molecule has 0 atom stereocenters. The fourth-order valence-corrected chi connectivity index (χ4v) is 4.09. The fourth-order valence-electron chi connectivity index (χ4n) is 2.49. The Morgan fingerprint density at radius 1 is 1.25 bits per heavy atom. The van der Waals surface area contributed by atoms with Gasteiger partial charge in [-0.2, -0.15) is 0 Å². The van der Waals surface area contributed by atoms with Crippen molar-refractivity contribution >= 4 is 10.0 Å². The van der Waals surface area contributed by atoms with Crippen molar-refractivity contribution in [3.8, 4) is 0 Å². The second kappa shape index (κ2) is 4.63. The molecule has 16 heavy (non-hydrogen) atoms. The highest BCUT2D eigenvalue weighted by Crippen LogP contribution is 2.36. The van der Waals surface area contributed by atoms with Gasteiger partial charge in [-0.1, -0.05) is 12.8 Å². The molecular formula is C11H22N2O2S. The molecule has 5 heteroatoms. The summed E-state index contributed by atoms with van der Waals surface area (Å²) in [5.74, 6) is 0.725. The zero-order chi connectivity index (χ0) is 11.6. The number of nitrogens with one attached hydrogen (secondary N) is 1. The van der Waals surface area contributed by atoms with E-state index < -0.39 is 10.0 Å². The van der Waals surface area contributed by atoms with E-state index in [-0.39, 0.29) is 5.41 Å². The quantitative estimate of drug-likeness (QED) is 0.729. The van der Waals surface area contributed by atoms with Crippen LogP contribution in [0.2, 0.25) is 0 Å². The largest absolute Gasteiger partial charge is 0.330 e. The lowest BCUT2D eigenvalue weighted by Crippen LogP contribution is -2.41. The van der Waals surface area contributed by atoms with Crippen LogP contribution in [0.3, 0.4) is 0 Å². The van der Waals surface area contributed by atoms with Gasteiger partial charge in [-0.3, -0.25) is 0 Å². The molecular weight excluding hydrogens is 224 g/mol. The van der Waals surface area contributed by atoms with E-state index in [2.05, 4.69) is 4.72 Å². The molecule has 0 amide bonds. The van der Waals surface area contributed by atoms with Crippen LogP contribution in [-0.2, 0) is 10.0 Å². The maximum atomic E-state index is 11.7. The van der Waals surface area contributed by atoms with Crippen LogP contribution in [0.1, 0.15) is 38.5 Å². The molecule has 2 aliphatic carbocycles. The van der Waals surface area contributed by atoms with E-state index in [1.165, 1.54) is 12.8 Å². The van der Waals surface area contributed by atoms with E-state index >= 15 is 0 Å². The number of sulfonamides is 1. The molecule has 3 N–H and O–H groups in total. The highest BCUT2D eigenvalue weighted by molar-refractivity contribution is 7.89. The van der Waals surface area contributed by atoms with Crippen LogP contribution in [0, 0.1) is 11.3 Å². The Bertz CT molecular complexity index is 330. The fraction of sp³-hybridized carbons (Fsp3) is 1.00. The summed E-state index contributed by atoms with van der Waals surface area (Å²) < 4.78 is 26.2. The molecule has 2 aliphatic rings. The molecule has 0 aromatic carbocycles. The van der Waals surface area contributed by atoms with Crippen molar-refractivity contribution in [1.29, 1.82) is 0 Å². The first-order valence-electron chi connectivity index (χ1n) is 6.23. The summed E-state index contributed by atoms with van der Waals surface area (Å²) in [5.41, 5.74) is 5.82. The van der Waals surface area contributed by atoms with Gasteiger partial charge in [-0.25, -0.2) is 13.1 Å². The van der Waals surface area contributed by atoms with E-state index in [4.69, 9.17) is 5.73 Å². The van der Waals surface area contributed by atoms with Gasteiger partial charge in [0.2, 0.25) is 10.0 Å². The highest BCUT2D eigenvalue weighted by Gasteiger charge is 2.34. The Labute approximate surface area is 98.0 Å². The molecule has 0 radical (unpaired) electrons. The van der Waals surface area contributed by atoms with E-state index in [0.29, 0.717) is 24.8 Å². The number of hydrogen-bond donors (Lipinski definition) is 2. The molecule has 0 heterocycles. The van der Waals surface area contributed by atoms with E-state index in [9.17, 15) is 8.42 Å². The normalized spacial score (nSPS) is 24.8. The van der Waals surface area contributed by atoms with Gasteiger partial charge in [-0.05, 0) is 43.6 Å². The van der Waals surface area contributed by atoms with Crippen molar-refractivity contribution < 1.29 is 8.42 Å². The lowest BCUT2D eigenvalue weighted by Gasteiger charge is -2.27. The Morgan fingerprint density at radius 2 is 1.88 bits per heavy atom. The van der Waals surface area contributed by atoms with Gasteiger partial charge < -0.3 is 5.73 Å². The Morgan fingerprint density at radius 3 is 2.38 bits per heavy atom. The second-order valence-corrected chi connectivity index (χ2v) is 7.31. The SMILES string of the molecule is NCC1(CNS(=O)(=O)CC2CC2)CCCC1. The average Bonchev–Trinajstić information content (AvgIpc) is 2.92. The third-order valence-electron chi connectivity index (χ3n) is 3.92. The zero-order valence-electron chi connectivity index (χ0n) is 9.74. The summed E-state index contributed by atoms with van der Waals surface area (Å²) in [6, 6.07) is 0. The monoisotopic (exact) mass is 246 g/mol. The lowest BCUT2D eigenvalue weighted by atomic mass is 9.87. The second-order valence-electron chi connectivity index (χ2n) is 5.46. The van der Waals surface area contributed by atoms with Crippen molar-refractivity contribution in [2.24, 2.45) is 17.1 Å². The predicted molar refractivity (Wildman–Crippen MR) is 64.5 cm³/mol. The molecule has 0 aromatic heterocycles. The molecule has 0 bridgehead atoms. The molecule has 94 valence electrons. The molecule has 0 spiro atoms. The van der Waals surface area contributed by atoms with Crippen molar-refractivity contribution in [3.63, 3.8) is 0 Å². The topological polar surface area (TPSA) is 72.2 Å².